The van der Waals surface area contributed by atoms with Crippen LogP contribution in [0.4, 0.5) is 0 Å². The van der Waals surface area contributed by atoms with Gasteiger partial charge in [0.05, 0.1) is 0 Å². The molecule has 4 heteroatoms. The Labute approximate surface area is 88.9 Å². The number of benzene rings is 1. The van der Waals surface area contributed by atoms with Crippen LogP contribution in [0, 0.1) is 0 Å². The molecule has 2 nitrogen and oxygen atoms in total. The summed E-state index contributed by atoms with van der Waals surface area (Å²) in [6, 6.07) is 3.86. The molecule has 1 unspecified atom stereocenters. The van der Waals surface area contributed by atoms with E-state index in [-0.39, 0.29) is 0 Å². The molecule has 0 spiro atoms. The summed E-state index contributed by atoms with van der Waals surface area (Å²) >= 11 is 4.87. The van der Waals surface area contributed by atoms with Crippen molar-refractivity contribution in [3.05, 3.63) is 16.6 Å². The van der Waals surface area contributed by atoms with Crippen molar-refractivity contribution in [2.75, 3.05) is 14.2 Å². The van der Waals surface area contributed by atoms with E-state index >= 15 is 0 Å². The van der Waals surface area contributed by atoms with Crippen LogP contribution >= 0.6 is 15.9 Å². The normalized spacial score (nSPS) is 9.67. The van der Waals surface area contributed by atoms with Crippen LogP contribution < -0.4 is 13.8 Å². The maximum absolute atomic E-state index is 5.17. The third-order valence-electron chi connectivity index (χ3n) is 1.51. The van der Waals surface area contributed by atoms with Crippen molar-refractivity contribution in [1.29, 1.82) is 0 Å². The average Bonchev–Trinajstić information content (AvgIpc) is 2.08. The van der Waals surface area contributed by atoms with Crippen molar-refractivity contribution in [2.45, 2.75) is 0 Å². The molecule has 0 aliphatic heterocycles. The van der Waals surface area contributed by atoms with Gasteiger partial charge in [-0.25, -0.2) is 0 Å². The summed E-state index contributed by atoms with van der Waals surface area (Å²) in [5.74, 6) is 1.72. The molecule has 0 heterocycles. The van der Waals surface area contributed by atoms with E-state index in [2.05, 4.69) is 15.9 Å². The molecule has 1 aromatic rings. The van der Waals surface area contributed by atoms with Crippen LogP contribution in [0.3, 0.4) is 0 Å². The quantitative estimate of drug-likeness (QED) is 0.748. The molecule has 0 saturated heterocycles. The Bertz CT molecular complexity index is 263. The SMILES string of the molecule is COc1cc(Br)cc(OC)c1[AsH2]. The van der Waals surface area contributed by atoms with E-state index in [1.54, 1.807) is 14.2 Å². The van der Waals surface area contributed by atoms with Crippen LogP contribution in [0.25, 0.3) is 0 Å². The Balaban J connectivity index is 3.22. The van der Waals surface area contributed by atoms with Crippen LogP contribution in [0.15, 0.2) is 16.6 Å². The zero-order valence-corrected chi connectivity index (χ0v) is 10.9. The fourth-order valence-corrected chi connectivity index (χ4v) is 2.17. The standard InChI is InChI=1S/C8H10AsBrO2/c1-11-6-3-5(10)4-7(12-2)8(6)9/h3-4H,9H2,1-2H3. The van der Waals surface area contributed by atoms with E-state index in [0.717, 1.165) is 20.3 Å². The van der Waals surface area contributed by atoms with E-state index in [9.17, 15) is 0 Å². The molecule has 0 bridgehead atoms. The van der Waals surface area contributed by atoms with Crippen molar-refractivity contribution in [2.24, 2.45) is 0 Å². The summed E-state index contributed by atoms with van der Waals surface area (Å²) in [5.41, 5.74) is 0. The second-order valence-electron chi connectivity index (χ2n) is 2.22. The first-order valence-corrected chi connectivity index (χ1v) is 5.36. The predicted molar refractivity (Wildman–Crippen MR) is 55.4 cm³/mol. The summed E-state index contributed by atoms with van der Waals surface area (Å²) in [5, 5.41) is 0. The van der Waals surface area contributed by atoms with Crippen LogP contribution in [-0.4, -0.2) is 31.1 Å². The van der Waals surface area contributed by atoms with Crippen molar-refractivity contribution >= 4 is 37.1 Å². The number of hydrogen-bond acceptors (Lipinski definition) is 2. The molecule has 12 heavy (non-hydrogen) atoms. The first kappa shape index (κ1) is 9.94. The maximum atomic E-state index is 5.17. The van der Waals surface area contributed by atoms with Gasteiger partial charge in [-0.05, 0) is 0 Å². The van der Waals surface area contributed by atoms with E-state index in [4.69, 9.17) is 9.47 Å². The van der Waals surface area contributed by atoms with Crippen molar-refractivity contribution in [3.8, 4) is 11.5 Å². The zero-order chi connectivity index (χ0) is 9.14. The van der Waals surface area contributed by atoms with Gasteiger partial charge in [0.25, 0.3) is 0 Å². The summed E-state index contributed by atoms with van der Waals surface area (Å²) in [6.07, 6.45) is 0. The van der Waals surface area contributed by atoms with Gasteiger partial charge in [0.1, 0.15) is 0 Å². The fraction of sp³-hybridized carbons (Fsp3) is 0.250. The Morgan fingerprint density at radius 3 is 1.92 bits per heavy atom. The van der Waals surface area contributed by atoms with Gasteiger partial charge in [-0.2, -0.15) is 0 Å². The van der Waals surface area contributed by atoms with Crippen molar-refractivity contribution < 1.29 is 9.47 Å². The molecule has 1 atom stereocenters. The number of rotatable bonds is 2. The molecule has 0 N–H and O–H groups in total. The van der Waals surface area contributed by atoms with Gasteiger partial charge in [-0.15, -0.1) is 0 Å². The molecule has 66 valence electrons. The topological polar surface area (TPSA) is 18.5 Å². The van der Waals surface area contributed by atoms with E-state index in [0.29, 0.717) is 0 Å². The molecule has 0 aliphatic carbocycles. The van der Waals surface area contributed by atoms with Gasteiger partial charge in [0.15, 0.2) is 0 Å². The monoisotopic (exact) mass is 292 g/mol. The van der Waals surface area contributed by atoms with Crippen LogP contribution in [0.1, 0.15) is 0 Å². The number of halogens is 1. The summed E-state index contributed by atoms with van der Waals surface area (Å²) in [6.45, 7) is 0. The van der Waals surface area contributed by atoms with Gasteiger partial charge < -0.3 is 0 Å². The van der Waals surface area contributed by atoms with Gasteiger partial charge in [-0.3, -0.25) is 0 Å². The first-order valence-electron chi connectivity index (χ1n) is 3.36. The summed E-state index contributed by atoms with van der Waals surface area (Å²) in [7, 11) is 3.31. The third kappa shape index (κ3) is 1.96. The van der Waals surface area contributed by atoms with E-state index in [1.165, 1.54) is 16.9 Å². The van der Waals surface area contributed by atoms with Crippen LogP contribution in [0.2, 0.25) is 0 Å². The van der Waals surface area contributed by atoms with E-state index in [1.807, 2.05) is 12.1 Å². The zero-order valence-electron chi connectivity index (χ0n) is 6.93. The van der Waals surface area contributed by atoms with Crippen LogP contribution in [0.5, 0.6) is 11.5 Å². The summed E-state index contributed by atoms with van der Waals surface area (Å²) < 4.78 is 12.4. The molecular weight excluding hydrogens is 283 g/mol. The molecule has 0 radical (unpaired) electrons. The third-order valence-corrected chi connectivity index (χ3v) is 3.16. The molecule has 0 aromatic heterocycles. The van der Waals surface area contributed by atoms with Crippen molar-refractivity contribution in [1.82, 2.24) is 0 Å². The predicted octanol–water partition coefficient (Wildman–Crippen LogP) is 0.725. The van der Waals surface area contributed by atoms with Gasteiger partial charge >= 0.3 is 88.9 Å². The molecular formula is C8H10AsBrO2. The Hall–Kier alpha value is -0.142. The second kappa shape index (κ2) is 4.20. The fourth-order valence-electron chi connectivity index (χ4n) is 0.907. The molecule has 0 aliphatic rings. The first-order chi connectivity index (χ1) is 5.69. The molecule has 0 saturated carbocycles. The average molecular weight is 293 g/mol. The molecule has 0 fully saturated rings. The van der Waals surface area contributed by atoms with Gasteiger partial charge in [-0.1, -0.05) is 0 Å². The van der Waals surface area contributed by atoms with Crippen LogP contribution in [-0.2, 0) is 0 Å². The minimum atomic E-state index is 0.862. The molecule has 0 amide bonds. The Morgan fingerprint density at radius 2 is 1.58 bits per heavy atom. The Morgan fingerprint density at radius 1 is 1.17 bits per heavy atom. The molecule has 1 aromatic carbocycles. The Kier molecular flexibility index (Phi) is 3.48. The molecule has 1 rings (SSSR count). The van der Waals surface area contributed by atoms with Gasteiger partial charge in [0.2, 0.25) is 0 Å². The van der Waals surface area contributed by atoms with Gasteiger partial charge in [0, 0.05) is 0 Å². The minimum absolute atomic E-state index is 0.862. The number of hydrogen-bond donors (Lipinski definition) is 0. The number of ether oxygens (including phenoxy) is 2. The van der Waals surface area contributed by atoms with Crippen molar-refractivity contribution in [3.63, 3.8) is 0 Å². The van der Waals surface area contributed by atoms with E-state index < -0.39 is 0 Å². The summed E-state index contributed by atoms with van der Waals surface area (Å²) in [4.78, 5) is 0. The second-order valence-corrected chi connectivity index (χ2v) is 4.35. The number of methoxy groups -OCH3 is 2.